The van der Waals surface area contributed by atoms with Gasteiger partial charge in [0.15, 0.2) is 0 Å². The maximum absolute atomic E-state index is 11.7. The molecule has 23 heavy (non-hydrogen) atoms. The zero-order chi connectivity index (χ0) is 16.8. The van der Waals surface area contributed by atoms with Crippen molar-refractivity contribution in [3.05, 3.63) is 30.1 Å². The Morgan fingerprint density at radius 1 is 1.30 bits per heavy atom. The fraction of sp³-hybridized carbons (Fsp3) is 0.556. The predicted octanol–water partition coefficient (Wildman–Crippen LogP) is 2.30. The molecule has 5 heteroatoms. The van der Waals surface area contributed by atoms with Crippen LogP contribution in [0.2, 0.25) is 0 Å². The van der Waals surface area contributed by atoms with Crippen LogP contribution in [0.3, 0.4) is 0 Å². The molecule has 2 aromatic rings. The SMILES string of the molecule is CC(C)C(=O)NCCc1nc2ccccc2n1CCCN(C)C. The lowest BCUT2D eigenvalue weighted by Gasteiger charge is -2.13. The maximum Gasteiger partial charge on any atom is 0.222 e. The molecule has 0 bridgehead atoms. The summed E-state index contributed by atoms with van der Waals surface area (Å²) in [7, 11) is 4.18. The molecule has 126 valence electrons. The molecule has 1 aromatic carbocycles. The molecule has 5 nitrogen and oxygen atoms in total. The Balaban J connectivity index is 2.09. The van der Waals surface area contributed by atoms with Crippen LogP contribution in [0.4, 0.5) is 0 Å². The number of para-hydroxylation sites is 2. The summed E-state index contributed by atoms with van der Waals surface area (Å²) in [6.07, 6.45) is 1.84. The molecule has 1 aromatic heterocycles. The van der Waals surface area contributed by atoms with E-state index in [-0.39, 0.29) is 11.8 Å². The molecule has 0 aliphatic carbocycles. The van der Waals surface area contributed by atoms with Gasteiger partial charge in [-0.05, 0) is 39.2 Å². The zero-order valence-electron chi connectivity index (χ0n) is 14.7. The first-order chi connectivity index (χ1) is 11.0. The van der Waals surface area contributed by atoms with Crippen LogP contribution in [0.5, 0.6) is 0 Å². The second-order valence-corrected chi connectivity index (χ2v) is 6.52. The van der Waals surface area contributed by atoms with Crippen molar-refractivity contribution >= 4 is 16.9 Å². The van der Waals surface area contributed by atoms with Gasteiger partial charge in [0.1, 0.15) is 5.82 Å². The number of rotatable bonds is 8. The van der Waals surface area contributed by atoms with E-state index in [0.717, 1.165) is 37.3 Å². The van der Waals surface area contributed by atoms with Gasteiger partial charge in [0.05, 0.1) is 11.0 Å². The molecule has 0 radical (unpaired) electrons. The number of aryl methyl sites for hydroxylation is 1. The van der Waals surface area contributed by atoms with Crippen LogP contribution in [0.25, 0.3) is 11.0 Å². The lowest BCUT2D eigenvalue weighted by atomic mass is 10.2. The van der Waals surface area contributed by atoms with Crippen LogP contribution in [0.15, 0.2) is 24.3 Å². The Morgan fingerprint density at radius 2 is 2.04 bits per heavy atom. The molecular weight excluding hydrogens is 288 g/mol. The maximum atomic E-state index is 11.7. The number of imidazole rings is 1. The third-order valence-corrected chi connectivity index (χ3v) is 3.89. The number of carbonyl (C=O) groups is 1. The smallest absolute Gasteiger partial charge is 0.222 e. The third kappa shape index (κ3) is 4.79. The van der Waals surface area contributed by atoms with Gasteiger partial charge < -0.3 is 14.8 Å². The lowest BCUT2D eigenvalue weighted by molar-refractivity contribution is -0.123. The predicted molar refractivity (Wildman–Crippen MR) is 94.5 cm³/mol. The minimum atomic E-state index is 0.0221. The summed E-state index contributed by atoms with van der Waals surface area (Å²) >= 11 is 0. The van der Waals surface area contributed by atoms with Crippen molar-refractivity contribution in [2.75, 3.05) is 27.2 Å². The second-order valence-electron chi connectivity index (χ2n) is 6.52. The van der Waals surface area contributed by atoms with E-state index in [1.165, 1.54) is 5.52 Å². The van der Waals surface area contributed by atoms with Crippen LogP contribution in [-0.2, 0) is 17.8 Å². The van der Waals surface area contributed by atoms with Crippen LogP contribution < -0.4 is 5.32 Å². The van der Waals surface area contributed by atoms with Crippen molar-refractivity contribution in [1.82, 2.24) is 19.8 Å². The highest BCUT2D eigenvalue weighted by Crippen LogP contribution is 2.17. The highest BCUT2D eigenvalue weighted by molar-refractivity contribution is 5.78. The number of carbonyl (C=O) groups excluding carboxylic acids is 1. The number of benzene rings is 1. The average Bonchev–Trinajstić information content (AvgIpc) is 2.85. The van der Waals surface area contributed by atoms with Crippen molar-refractivity contribution in [3.8, 4) is 0 Å². The monoisotopic (exact) mass is 316 g/mol. The first-order valence-corrected chi connectivity index (χ1v) is 8.35. The molecule has 0 unspecified atom stereocenters. The van der Waals surface area contributed by atoms with Crippen molar-refractivity contribution < 1.29 is 4.79 Å². The van der Waals surface area contributed by atoms with Crippen LogP contribution in [0.1, 0.15) is 26.1 Å². The lowest BCUT2D eigenvalue weighted by Crippen LogP contribution is -2.30. The van der Waals surface area contributed by atoms with E-state index in [9.17, 15) is 4.79 Å². The van der Waals surface area contributed by atoms with Crippen molar-refractivity contribution in [3.63, 3.8) is 0 Å². The Labute approximate surface area is 138 Å². The Morgan fingerprint density at radius 3 is 2.74 bits per heavy atom. The van der Waals surface area contributed by atoms with E-state index in [0.29, 0.717) is 6.54 Å². The first-order valence-electron chi connectivity index (χ1n) is 8.35. The summed E-state index contributed by atoms with van der Waals surface area (Å²) in [5.74, 6) is 1.17. The Kier molecular flexibility index (Phi) is 6.16. The summed E-state index contributed by atoms with van der Waals surface area (Å²) in [5.41, 5.74) is 2.21. The molecular formula is C18H28N4O. The molecule has 2 rings (SSSR count). The summed E-state index contributed by atoms with van der Waals surface area (Å²) in [4.78, 5) is 18.6. The van der Waals surface area contributed by atoms with Gasteiger partial charge in [-0.2, -0.15) is 0 Å². The molecule has 0 spiro atoms. The van der Waals surface area contributed by atoms with E-state index in [4.69, 9.17) is 4.98 Å². The van der Waals surface area contributed by atoms with Gasteiger partial charge >= 0.3 is 0 Å². The summed E-state index contributed by atoms with van der Waals surface area (Å²) in [6, 6.07) is 8.24. The number of nitrogens with one attached hydrogen (secondary N) is 1. The highest BCUT2D eigenvalue weighted by Gasteiger charge is 2.11. The van der Waals surface area contributed by atoms with Gasteiger partial charge in [-0.15, -0.1) is 0 Å². The van der Waals surface area contributed by atoms with Gasteiger partial charge in [-0.1, -0.05) is 26.0 Å². The fourth-order valence-electron chi connectivity index (χ4n) is 2.61. The molecule has 1 heterocycles. The molecule has 0 aliphatic heterocycles. The minimum absolute atomic E-state index is 0.0221. The van der Waals surface area contributed by atoms with E-state index in [2.05, 4.69) is 41.0 Å². The van der Waals surface area contributed by atoms with E-state index in [1.807, 2.05) is 26.0 Å². The van der Waals surface area contributed by atoms with E-state index >= 15 is 0 Å². The first kappa shape index (κ1) is 17.5. The van der Waals surface area contributed by atoms with Crippen LogP contribution >= 0.6 is 0 Å². The normalized spacial score (nSPS) is 11.6. The summed E-state index contributed by atoms with van der Waals surface area (Å²) < 4.78 is 2.29. The van der Waals surface area contributed by atoms with Gasteiger partial charge in [0.25, 0.3) is 0 Å². The molecule has 1 N–H and O–H groups in total. The number of amides is 1. The van der Waals surface area contributed by atoms with Gasteiger partial charge in [0.2, 0.25) is 5.91 Å². The highest BCUT2D eigenvalue weighted by atomic mass is 16.1. The second kappa shape index (κ2) is 8.11. The van der Waals surface area contributed by atoms with E-state index in [1.54, 1.807) is 0 Å². The molecule has 0 saturated carbocycles. The Hall–Kier alpha value is -1.88. The standard InChI is InChI=1S/C18H28N4O/c1-14(2)18(23)19-11-10-17-20-15-8-5-6-9-16(15)22(17)13-7-12-21(3)4/h5-6,8-9,14H,7,10-13H2,1-4H3,(H,19,23). The number of aromatic nitrogens is 2. The number of fused-ring (bicyclic) bond motifs is 1. The van der Waals surface area contributed by atoms with Gasteiger partial charge in [-0.3, -0.25) is 4.79 Å². The molecule has 0 atom stereocenters. The fourth-order valence-corrected chi connectivity index (χ4v) is 2.61. The summed E-state index contributed by atoms with van der Waals surface area (Å²) in [6.45, 7) is 6.45. The summed E-state index contributed by atoms with van der Waals surface area (Å²) in [5, 5.41) is 2.98. The molecule has 0 saturated heterocycles. The molecule has 0 fully saturated rings. The van der Waals surface area contributed by atoms with Crippen molar-refractivity contribution in [2.45, 2.75) is 33.2 Å². The van der Waals surface area contributed by atoms with E-state index < -0.39 is 0 Å². The Bertz CT molecular complexity index is 646. The zero-order valence-corrected chi connectivity index (χ0v) is 14.7. The third-order valence-electron chi connectivity index (χ3n) is 3.89. The van der Waals surface area contributed by atoms with Gasteiger partial charge in [-0.25, -0.2) is 4.98 Å². The number of nitrogens with zero attached hydrogens (tertiary/aromatic N) is 3. The van der Waals surface area contributed by atoms with Crippen LogP contribution in [0, 0.1) is 5.92 Å². The minimum Gasteiger partial charge on any atom is -0.355 e. The quantitative estimate of drug-likeness (QED) is 0.813. The topological polar surface area (TPSA) is 50.2 Å². The van der Waals surface area contributed by atoms with Crippen molar-refractivity contribution in [2.24, 2.45) is 5.92 Å². The number of hydrogen-bond acceptors (Lipinski definition) is 3. The van der Waals surface area contributed by atoms with Crippen LogP contribution in [-0.4, -0.2) is 47.5 Å². The van der Waals surface area contributed by atoms with Crippen molar-refractivity contribution in [1.29, 1.82) is 0 Å². The molecule has 0 aliphatic rings. The van der Waals surface area contributed by atoms with Gasteiger partial charge in [0, 0.05) is 25.4 Å². The number of hydrogen-bond donors (Lipinski definition) is 1. The average molecular weight is 316 g/mol. The molecule has 1 amide bonds. The largest absolute Gasteiger partial charge is 0.355 e.